The van der Waals surface area contributed by atoms with Gasteiger partial charge < -0.3 is 10.9 Å². The standard InChI is InChI=1S/C22H20F3N3O4S2/c1-32-28(29)19-9-4-3-8-17(19)27-18(12-21(26)22(23,24)25)20-11-15(13-33-20)14-6-5-7-16(10-14)34(2,30)31/h3-13,28H,26H2,1-2H3. The van der Waals surface area contributed by atoms with Gasteiger partial charge in [-0.3, -0.25) is 0 Å². The molecule has 12 heteroatoms. The number of alkyl halides is 3. The van der Waals surface area contributed by atoms with Gasteiger partial charge in [0, 0.05) is 12.3 Å². The Bertz CT molecular complexity index is 1350. The maximum atomic E-state index is 13.2. The topological polar surface area (TPSA) is 109 Å². The van der Waals surface area contributed by atoms with Gasteiger partial charge >= 0.3 is 6.18 Å². The Balaban J connectivity index is 2.14. The quantitative estimate of drug-likeness (QED) is 0.369. The molecule has 34 heavy (non-hydrogen) atoms. The van der Waals surface area contributed by atoms with E-state index in [0.717, 1.165) is 17.6 Å². The maximum Gasteiger partial charge on any atom is 0.430 e. The second-order valence-electron chi connectivity index (χ2n) is 7.10. The molecule has 0 spiro atoms. The van der Waals surface area contributed by atoms with Crippen LogP contribution in [0.15, 0.2) is 81.6 Å². The van der Waals surface area contributed by atoms with Crippen molar-refractivity contribution in [1.29, 1.82) is 0 Å². The van der Waals surface area contributed by atoms with Crippen LogP contribution in [0, 0.1) is 5.21 Å². The van der Waals surface area contributed by atoms with Crippen molar-refractivity contribution in [3.63, 3.8) is 0 Å². The van der Waals surface area contributed by atoms with Crippen molar-refractivity contribution >= 4 is 38.3 Å². The van der Waals surface area contributed by atoms with Crippen LogP contribution in [-0.4, -0.2) is 33.7 Å². The number of para-hydroxylation sites is 1. The van der Waals surface area contributed by atoms with Gasteiger partial charge in [0.1, 0.15) is 11.4 Å². The van der Waals surface area contributed by atoms with E-state index in [0.29, 0.717) is 22.1 Å². The van der Waals surface area contributed by atoms with Gasteiger partial charge in [-0.05, 0) is 46.8 Å². The SMILES string of the molecule is CO[NH+]([O-])c1ccccc1N=C(C=C(N)C(F)(F)F)c1cc(-c2cccc(S(C)(=O)=O)c2)cs1. The predicted octanol–water partition coefficient (Wildman–Crippen LogP) is 3.92. The Morgan fingerprint density at radius 2 is 1.85 bits per heavy atom. The second-order valence-corrected chi connectivity index (χ2v) is 10.0. The van der Waals surface area contributed by atoms with Gasteiger partial charge in [0.25, 0.3) is 0 Å². The molecule has 0 radical (unpaired) electrons. The molecule has 0 saturated carbocycles. The van der Waals surface area contributed by atoms with E-state index in [4.69, 9.17) is 10.6 Å². The number of nitrogens with two attached hydrogens (primary N) is 1. The molecule has 180 valence electrons. The number of thiophene rings is 1. The van der Waals surface area contributed by atoms with Crippen LogP contribution in [-0.2, 0) is 14.7 Å². The fourth-order valence-electron chi connectivity index (χ4n) is 2.90. The van der Waals surface area contributed by atoms with Crippen LogP contribution < -0.4 is 11.0 Å². The molecule has 0 bridgehead atoms. The fraction of sp³-hybridized carbons (Fsp3) is 0.136. The largest absolute Gasteiger partial charge is 0.595 e. The first-order chi connectivity index (χ1) is 15.9. The average Bonchev–Trinajstić information content (AvgIpc) is 3.27. The number of nitrogens with zero attached hydrogens (tertiary/aromatic N) is 1. The van der Waals surface area contributed by atoms with Crippen LogP contribution in [0.3, 0.4) is 0 Å². The van der Waals surface area contributed by atoms with Crippen molar-refractivity contribution in [1.82, 2.24) is 0 Å². The number of hydrogen-bond donors (Lipinski definition) is 2. The summed E-state index contributed by atoms with van der Waals surface area (Å²) in [4.78, 5) is 9.45. The van der Waals surface area contributed by atoms with Crippen molar-refractivity contribution in [3.8, 4) is 11.1 Å². The molecule has 1 heterocycles. The molecule has 1 aromatic heterocycles. The van der Waals surface area contributed by atoms with Crippen molar-refractivity contribution in [3.05, 3.63) is 81.8 Å². The lowest BCUT2D eigenvalue weighted by molar-refractivity contribution is -0.992. The summed E-state index contributed by atoms with van der Waals surface area (Å²) >= 11 is 1.09. The van der Waals surface area contributed by atoms with Crippen molar-refractivity contribution in [2.75, 3.05) is 13.4 Å². The van der Waals surface area contributed by atoms with Gasteiger partial charge in [-0.25, -0.2) is 18.2 Å². The van der Waals surface area contributed by atoms with E-state index in [2.05, 4.69) is 4.99 Å². The monoisotopic (exact) mass is 511 g/mol. The van der Waals surface area contributed by atoms with Gasteiger partial charge in [0.05, 0.1) is 22.6 Å². The third-order valence-electron chi connectivity index (χ3n) is 4.62. The Labute approximate surface area is 198 Å². The van der Waals surface area contributed by atoms with E-state index < -0.39 is 26.9 Å². The Morgan fingerprint density at radius 1 is 1.15 bits per heavy atom. The number of rotatable bonds is 7. The summed E-state index contributed by atoms with van der Waals surface area (Å²) in [5.41, 5.74) is 5.08. The van der Waals surface area contributed by atoms with Gasteiger partial charge in [-0.2, -0.15) is 18.4 Å². The zero-order chi connectivity index (χ0) is 25.1. The molecule has 7 nitrogen and oxygen atoms in total. The van der Waals surface area contributed by atoms with E-state index in [1.165, 1.54) is 31.4 Å². The minimum atomic E-state index is -4.79. The molecule has 3 rings (SSSR count). The van der Waals surface area contributed by atoms with Crippen LogP contribution in [0.2, 0.25) is 0 Å². The Morgan fingerprint density at radius 3 is 2.50 bits per heavy atom. The lowest BCUT2D eigenvalue weighted by Crippen LogP contribution is -3.00. The number of hydrogen-bond acceptors (Lipinski definition) is 7. The van der Waals surface area contributed by atoms with Crippen molar-refractivity contribution in [2.24, 2.45) is 10.7 Å². The van der Waals surface area contributed by atoms with E-state index in [9.17, 15) is 26.8 Å². The average molecular weight is 512 g/mol. The zero-order valence-corrected chi connectivity index (χ0v) is 19.6. The molecule has 1 atom stereocenters. The summed E-state index contributed by atoms with van der Waals surface area (Å²) in [6, 6.07) is 13.8. The summed E-state index contributed by atoms with van der Waals surface area (Å²) in [7, 11) is -2.26. The first kappa shape index (κ1) is 25.6. The van der Waals surface area contributed by atoms with Crippen LogP contribution in [0.4, 0.5) is 24.5 Å². The molecule has 0 aliphatic heterocycles. The van der Waals surface area contributed by atoms with Crippen molar-refractivity contribution < 1.29 is 31.7 Å². The Hall–Kier alpha value is -3.03. The van der Waals surface area contributed by atoms with Gasteiger partial charge in [0.2, 0.25) is 0 Å². The number of benzene rings is 2. The molecule has 0 saturated heterocycles. The van der Waals surface area contributed by atoms with Crippen LogP contribution in [0.5, 0.6) is 0 Å². The molecule has 3 N–H and O–H groups in total. The second kappa shape index (κ2) is 10.1. The molecule has 1 unspecified atom stereocenters. The normalized spacial score (nSPS) is 14.3. The molecule has 3 aromatic rings. The lowest BCUT2D eigenvalue weighted by atomic mass is 10.1. The molecule has 0 amide bonds. The molecule has 2 aromatic carbocycles. The van der Waals surface area contributed by atoms with Crippen LogP contribution >= 0.6 is 11.3 Å². The predicted molar refractivity (Wildman–Crippen MR) is 125 cm³/mol. The Kier molecular flexibility index (Phi) is 7.58. The number of halogens is 3. The summed E-state index contributed by atoms with van der Waals surface area (Å²) in [6.45, 7) is 0. The van der Waals surface area contributed by atoms with Crippen LogP contribution in [0.25, 0.3) is 11.1 Å². The van der Waals surface area contributed by atoms with Gasteiger partial charge in [0.15, 0.2) is 15.5 Å². The minimum absolute atomic E-state index is 0.0686. The molecule has 0 aliphatic rings. The third kappa shape index (κ3) is 6.10. The lowest BCUT2D eigenvalue weighted by Gasteiger charge is -2.18. The van der Waals surface area contributed by atoms with E-state index in [-0.39, 0.29) is 22.0 Å². The van der Waals surface area contributed by atoms with E-state index >= 15 is 0 Å². The molecular formula is C22H20F3N3O4S2. The zero-order valence-electron chi connectivity index (χ0n) is 18.0. The number of quaternary nitrogens is 1. The van der Waals surface area contributed by atoms with Crippen molar-refractivity contribution in [2.45, 2.75) is 11.1 Å². The molecule has 0 aliphatic carbocycles. The number of nitrogens with one attached hydrogen (secondary N) is 1. The van der Waals surface area contributed by atoms with Gasteiger partial charge in [-0.15, -0.1) is 11.3 Å². The highest BCUT2D eigenvalue weighted by atomic mass is 32.2. The smallest absolute Gasteiger partial charge is 0.430 e. The summed E-state index contributed by atoms with van der Waals surface area (Å²) < 4.78 is 63.3. The third-order valence-corrected chi connectivity index (χ3v) is 6.68. The first-order valence-electron chi connectivity index (χ1n) is 9.60. The summed E-state index contributed by atoms with van der Waals surface area (Å²) in [6.07, 6.45) is -3.01. The molecular weight excluding hydrogens is 491 g/mol. The first-order valence-corrected chi connectivity index (χ1v) is 12.4. The number of sulfone groups is 1. The van der Waals surface area contributed by atoms with Gasteiger partial charge in [-0.1, -0.05) is 24.3 Å². The summed E-state index contributed by atoms with van der Waals surface area (Å²) in [5, 5.41) is 13.0. The molecule has 0 fully saturated rings. The maximum absolute atomic E-state index is 13.2. The highest BCUT2D eigenvalue weighted by Crippen LogP contribution is 2.31. The highest BCUT2D eigenvalue weighted by Gasteiger charge is 2.32. The highest BCUT2D eigenvalue weighted by molar-refractivity contribution is 7.90. The minimum Gasteiger partial charge on any atom is -0.595 e. The summed E-state index contributed by atoms with van der Waals surface area (Å²) in [5.74, 6) is 0. The fourth-order valence-corrected chi connectivity index (χ4v) is 4.44. The van der Waals surface area contributed by atoms with E-state index in [1.54, 1.807) is 35.7 Å². The number of aliphatic imine (C=N–C) groups is 1. The van der Waals surface area contributed by atoms with Crippen LogP contribution in [0.1, 0.15) is 4.88 Å². The van der Waals surface area contributed by atoms with E-state index in [1.807, 2.05) is 0 Å². The number of allylic oxidation sites excluding steroid dienone is 2.